The summed E-state index contributed by atoms with van der Waals surface area (Å²) in [5.41, 5.74) is 1.70. The van der Waals surface area contributed by atoms with Gasteiger partial charge in [-0.05, 0) is 35.7 Å². The molecule has 0 radical (unpaired) electrons. The van der Waals surface area contributed by atoms with E-state index in [-0.39, 0.29) is 16.7 Å². The normalized spacial score (nSPS) is 16.6. The first-order valence-corrected chi connectivity index (χ1v) is 10.4. The minimum absolute atomic E-state index is 0.102. The maximum Gasteiger partial charge on any atom is 0.243 e. The number of carbonyl (C=O) groups excluding carboxylic acids is 1. The van der Waals surface area contributed by atoms with Crippen LogP contribution in [0, 0.1) is 0 Å². The van der Waals surface area contributed by atoms with E-state index in [1.165, 1.54) is 16.4 Å². The second-order valence-electron chi connectivity index (χ2n) is 6.60. The SMILES string of the molecule is C[C@H](CC(=O)Nc1ccc(S(=O)(=O)N2CCOCC2)cc1)c1ccccc1. The van der Waals surface area contributed by atoms with Crippen LogP contribution in [0.5, 0.6) is 0 Å². The molecular formula is C20H24N2O4S. The van der Waals surface area contributed by atoms with E-state index in [1.807, 2.05) is 37.3 Å². The predicted molar refractivity (Wildman–Crippen MR) is 104 cm³/mol. The van der Waals surface area contributed by atoms with E-state index in [0.29, 0.717) is 38.4 Å². The summed E-state index contributed by atoms with van der Waals surface area (Å²) in [5.74, 6) is 0.00214. The van der Waals surface area contributed by atoms with Gasteiger partial charge >= 0.3 is 0 Å². The van der Waals surface area contributed by atoms with Crippen molar-refractivity contribution in [2.24, 2.45) is 0 Å². The van der Waals surface area contributed by atoms with Crippen LogP contribution >= 0.6 is 0 Å². The Morgan fingerprint density at radius 1 is 1.07 bits per heavy atom. The average molecular weight is 388 g/mol. The highest BCUT2D eigenvalue weighted by Gasteiger charge is 2.26. The van der Waals surface area contributed by atoms with Gasteiger partial charge in [-0.2, -0.15) is 4.31 Å². The lowest BCUT2D eigenvalue weighted by Crippen LogP contribution is -2.40. The fourth-order valence-corrected chi connectivity index (χ4v) is 4.44. The van der Waals surface area contributed by atoms with Crippen LogP contribution in [-0.2, 0) is 19.6 Å². The molecule has 3 rings (SSSR count). The highest BCUT2D eigenvalue weighted by Crippen LogP contribution is 2.21. The molecule has 1 heterocycles. The number of nitrogens with zero attached hydrogens (tertiary/aromatic N) is 1. The molecule has 27 heavy (non-hydrogen) atoms. The minimum Gasteiger partial charge on any atom is -0.379 e. The van der Waals surface area contributed by atoms with Crippen molar-refractivity contribution in [1.82, 2.24) is 4.31 Å². The van der Waals surface area contributed by atoms with Gasteiger partial charge in [-0.1, -0.05) is 37.3 Å². The van der Waals surface area contributed by atoms with Gasteiger partial charge in [-0.15, -0.1) is 0 Å². The van der Waals surface area contributed by atoms with Crippen LogP contribution in [0.2, 0.25) is 0 Å². The Labute approximate surface area is 160 Å². The summed E-state index contributed by atoms with van der Waals surface area (Å²) < 4.78 is 31.8. The summed E-state index contributed by atoms with van der Waals surface area (Å²) in [4.78, 5) is 12.5. The number of hydrogen-bond acceptors (Lipinski definition) is 4. The third-order valence-electron chi connectivity index (χ3n) is 4.61. The lowest BCUT2D eigenvalue weighted by atomic mass is 9.97. The molecule has 0 bridgehead atoms. The van der Waals surface area contributed by atoms with Crippen LogP contribution in [0.1, 0.15) is 24.8 Å². The Balaban J connectivity index is 1.61. The first kappa shape index (κ1) is 19.5. The topological polar surface area (TPSA) is 75.7 Å². The number of morpholine rings is 1. The van der Waals surface area contributed by atoms with Gasteiger partial charge in [0, 0.05) is 25.2 Å². The van der Waals surface area contributed by atoms with Crippen LogP contribution in [-0.4, -0.2) is 44.9 Å². The van der Waals surface area contributed by atoms with Gasteiger partial charge in [0.25, 0.3) is 0 Å². The maximum absolute atomic E-state index is 12.6. The number of benzene rings is 2. The van der Waals surface area contributed by atoms with Crippen molar-refractivity contribution in [1.29, 1.82) is 0 Å². The second kappa shape index (κ2) is 8.65. The molecule has 1 saturated heterocycles. The second-order valence-corrected chi connectivity index (χ2v) is 8.54. The van der Waals surface area contributed by atoms with Crippen LogP contribution in [0.25, 0.3) is 0 Å². The largest absolute Gasteiger partial charge is 0.379 e. The van der Waals surface area contributed by atoms with E-state index in [2.05, 4.69) is 5.32 Å². The van der Waals surface area contributed by atoms with Crippen molar-refractivity contribution in [3.63, 3.8) is 0 Å². The lowest BCUT2D eigenvalue weighted by molar-refractivity contribution is -0.116. The number of rotatable bonds is 6. The number of nitrogens with one attached hydrogen (secondary N) is 1. The van der Waals surface area contributed by atoms with E-state index < -0.39 is 10.0 Å². The number of ether oxygens (including phenoxy) is 1. The molecule has 1 atom stereocenters. The summed E-state index contributed by atoms with van der Waals surface area (Å²) in [7, 11) is -3.52. The zero-order valence-electron chi connectivity index (χ0n) is 15.3. The molecule has 1 fully saturated rings. The van der Waals surface area contributed by atoms with E-state index in [1.54, 1.807) is 12.1 Å². The fraction of sp³-hybridized carbons (Fsp3) is 0.350. The van der Waals surface area contributed by atoms with Crippen molar-refractivity contribution in [3.8, 4) is 0 Å². The van der Waals surface area contributed by atoms with E-state index in [9.17, 15) is 13.2 Å². The molecule has 0 saturated carbocycles. The van der Waals surface area contributed by atoms with Crippen molar-refractivity contribution in [2.45, 2.75) is 24.2 Å². The van der Waals surface area contributed by atoms with Crippen molar-refractivity contribution >= 4 is 21.6 Å². The number of hydrogen-bond donors (Lipinski definition) is 1. The molecule has 1 amide bonds. The van der Waals surface area contributed by atoms with Crippen molar-refractivity contribution in [2.75, 3.05) is 31.6 Å². The summed E-state index contributed by atoms with van der Waals surface area (Å²) in [6, 6.07) is 16.2. The first-order chi connectivity index (χ1) is 13.0. The van der Waals surface area contributed by atoms with Gasteiger partial charge in [0.15, 0.2) is 0 Å². The van der Waals surface area contributed by atoms with Gasteiger partial charge < -0.3 is 10.1 Å². The summed E-state index contributed by atoms with van der Waals surface area (Å²) in [6.07, 6.45) is 0.359. The molecule has 1 aliphatic rings. The lowest BCUT2D eigenvalue weighted by Gasteiger charge is -2.26. The molecule has 2 aromatic rings. The van der Waals surface area contributed by atoms with Crippen LogP contribution in [0.4, 0.5) is 5.69 Å². The number of carbonyl (C=O) groups is 1. The maximum atomic E-state index is 12.6. The predicted octanol–water partition coefficient (Wildman–Crippen LogP) is 2.84. The van der Waals surface area contributed by atoms with Gasteiger partial charge in [-0.3, -0.25) is 4.79 Å². The van der Waals surface area contributed by atoms with Crippen LogP contribution in [0.15, 0.2) is 59.5 Å². The van der Waals surface area contributed by atoms with Crippen molar-refractivity contribution < 1.29 is 17.9 Å². The highest BCUT2D eigenvalue weighted by atomic mass is 32.2. The molecule has 1 N–H and O–H groups in total. The standard InChI is InChI=1S/C20H24N2O4S/c1-16(17-5-3-2-4-6-17)15-20(23)21-18-7-9-19(10-8-18)27(24,25)22-11-13-26-14-12-22/h2-10,16H,11-15H2,1H3,(H,21,23)/t16-/m1/s1. The molecule has 6 nitrogen and oxygen atoms in total. The summed E-state index contributed by atoms with van der Waals surface area (Å²) in [6.45, 7) is 3.54. The Kier molecular flexibility index (Phi) is 6.26. The van der Waals surface area contributed by atoms with Gasteiger partial charge in [0.1, 0.15) is 0 Å². The van der Waals surface area contributed by atoms with Gasteiger partial charge in [0.05, 0.1) is 18.1 Å². The number of amides is 1. The molecule has 0 aliphatic carbocycles. The average Bonchev–Trinajstić information content (AvgIpc) is 2.69. The third kappa shape index (κ3) is 4.94. The monoisotopic (exact) mass is 388 g/mol. The van der Waals surface area contributed by atoms with E-state index in [0.717, 1.165) is 5.56 Å². The summed E-state index contributed by atoms with van der Waals surface area (Å²) >= 11 is 0. The van der Waals surface area contributed by atoms with Crippen molar-refractivity contribution in [3.05, 3.63) is 60.2 Å². The third-order valence-corrected chi connectivity index (χ3v) is 6.52. The van der Waals surface area contributed by atoms with Gasteiger partial charge in [-0.25, -0.2) is 8.42 Å². The first-order valence-electron chi connectivity index (χ1n) is 8.99. The number of sulfonamides is 1. The molecule has 0 aromatic heterocycles. The Morgan fingerprint density at radius 3 is 2.33 bits per heavy atom. The van der Waals surface area contributed by atoms with E-state index in [4.69, 9.17) is 4.74 Å². The molecular weight excluding hydrogens is 364 g/mol. The zero-order valence-corrected chi connectivity index (χ0v) is 16.1. The van der Waals surface area contributed by atoms with Crippen LogP contribution in [0.3, 0.4) is 0 Å². The number of anilines is 1. The molecule has 0 spiro atoms. The van der Waals surface area contributed by atoms with Crippen LogP contribution < -0.4 is 5.32 Å². The fourth-order valence-electron chi connectivity index (χ4n) is 3.04. The van der Waals surface area contributed by atoms with E-state index >= 15 is 0 Å². The molecule has 144 valence electrons. The van der Waals surface area contributed by atoms with Gasteiger partial charge in [0.2, 0.25) is 15.9 Å². The molecule has 2 aromatic carbocycles. The molecule has 7 heteroatoms. The molecule has 0 unspecified atom stereocenters. The Morgan fingerprint density at radius 2 is 1.70 bits per heavy atom. The smallest absolute Gasteiger partial charge is 0.243 e. The summed E-state index contributed by atoms with van der Waals surface area (Å²) in [5, 5.41) is 2.83. The Hall–Kier alpha value is -2.22. The quantitative estimate of drug-likeness (QED) is 0.826. The molecule has 1 aliphatic heterocycles. The minimum atomic E-state index is -3.52. The Bertz CT molecular complexity index is 861. The zero-order chi connectivity index (χ0) is 19.3. The highest BCUT2D eigenvalue weighted by molar-refractivity contribution is 7.89.